The Kier molecular flexibility index (Phi) is 6.11. The van der Waals surface area contributed by atoms with Crippen LogP contribution in [0.3, 0.4) is 0 Å². The number of nitrogens with one attached hydrogen (secondary N) is 3. The summed E-state index contributed by atoms with van der Waals surface area (Å²) in [6.45, 7) is 2.46. The van der Waals surface area contributed by atoms with Crippen molar-refractivity contribution in [2.75, 3.05) is 13.1 Å². The van der Waals surface area contributed by atoms with E-state index in [1.165, 1.54) is 0 Å². The van der Waals surface area contributed by atoms with E-state index in [2.05, 4.69) is 16.0 Å². The van der Waals surface area contributed by atoms with Crippen LogP contribution < -0.4 is 16.0 Å². The third kappa shape index (κ3) is 5.58. The Morgan fingerprint density at radius 3 is 2.53 bits per heavy atom. The van der Waals surface area contributed by atoms with Gasteiger partial charge in [-0.25, -0.2) is 4.79 Å². The molecular formula is C12H21N3O4. The summed E-state index contributed by atoms with van der Waals surface area (Å²) in [7, 11) is 0. The maximum atomic E-state index is 11.5. The standard InChI is InChI=1S/C12H21N3O4/c1-2-5-13-10(16)7-14-12(19)15-9-4-3-8(6-9)11(17)18/h8-9H,2-7H2,1H3,(H,13,16)(H,17,18)(H2,14,15,19). The van der Waals surface area contributed by atoms with E-state index in [9.17, 15) is 14.4 Å². The zero-order chi connectivity index (χ0) is 14.3. The summed E-state index contributed by atoms with van der Waals surface area (Å²) in [5, 5.41) is 16.6. The van der Waals surface area contributed by atoms with Crippen molar-refractivity contribution in [1.29, 1.82) is 0 Å². The maximum Gasteiger partial charge on any atom is 0.315 e. The average molecular weight is 271 g/mol. The van der Waals surface area contributed by atoms with Crippen molar-refractivity contribution < 1.29 is 19.5 Å². The van der Waals surface area contributed by atoms with Gasteiger partial charge < -0.3 is 21.1 Å². The Balaban J connectivity index is 2.18. The summed E-state index contributed by atoms with van der Waals surface area (Å²) in [4.78, 5) is 33.5. The average Bonchev–Trinajstić information content (AvgIpc) is 2.82. The molecule has 0 aliphatic heterocycles. The van der Waals surface area contributed by atoms with Gasteiger partial charge in [-0.1, -0.05) is 6.92 Å². The topological polar surface area (TPSA) is 108 Å². The molecule has 7 heteroatoms. The Morgan fingerprint density at radius 2 is 1.95 bits per heavy atom. The van der Waals surface area contributed by atoms with Crippen molar-refractivity contribution in [2.45, 2.75) is 38.6 Å². The quantitative estimate of drug-likeness (QED) is 0.548. The number of hydrogen-bond donors (Lipinski definition) is 4. The summed E-state index contributed by atoms with van der Waals surface area (Å²) in [5.74, 6) is -1.42. The summed E-state index contributed by atoms with van der Waals surface area (Å²) in [5.41, 5.74) is 0. The minimum atomic E-state index is -0.816. The molecule has 19 heavy (non-hydrogen) atoms. The predicted molar refractivity (Wildman–Crippen MR) is 68.6 cm³/mol. The lowest BCUT2D eigenvalue weighted by Gasteiger charge is -2.13. The molecule has 4 N–H and O–H groups in total. The first-order valence-corrected chi connectivity index (χ1v) is 6.56. The second-order valence-electron chi connectivity index (χ2n) is 4.72. The van der Waals surface area contributed by atoms with Crippen LogP contribution in [0.2, 0.25) is 0 Å². The lowest BCUT2D eigenvalue weighted by atomic mass is 10.1. The van der Waals surface area contributed by atoms with Gasteiger partial charge in [0.1, 0.15) is 0 Å². The van der Waals surface area contributed by atoms with Gasteiger partial charge in [0.15, 0.2) is 0 Å². The van der Waals surface area contributed by atoms with E-state index in [0.717, 1.165) is 6.42 Å². The Hall–Kier alpha value is -1.79. The van der Waals surface area contributed by atoms with Gasteiger partial charge in [-0.3, -0.25) is 9.59 Å². The number of rotatable bonds is 6. The van der Waals surface area contributed by atoms with Gasteiger partial charge in [0.25, 0.3) is 0 Å². The molecule has 1 saturated carbocycles. The Morgan fingerprint density at radius 1 is 1.21 bits per heavy atom. The number of carboxylic acid groups (broad SMARTS) is 1. The summed E-state index contributed by atoms with van der Waals surface area (Å²) >= 11 is 0. The van der Waals surface area contributed by atoms with E-state index in [0.29, 0.717) is 25.8 Å². The van der Waals surface area contributed by atoms with Crippen LogP contribution in [0.15, 0.2) is 0 Å². The van der Waals surface area contributed by atoms with E-state index in [-0.39, 0.29) is 24.4 Å². The van der Waals surface area contributed by atoms with Gasteiger partial charge >= 0.3 is 12.0 Å². The lowest BCUT2D eigenvalue weighted by Crippen LogP contribution is -2.45. The zero-order valence-corrected chi connectivity index (χ0v) is 11.1. The van der Waals surface area contributed by atoms with Crippen molar-refractivity contribution >= 4 is 17.9 Å². The molecule has 2 unspecified atom stereocenters. The van der Waals surface area contributed by atoms with Crippen molar-refractivity contribution in [3.63, 3.8) is 0 Å². The fraction of sp³-hybridized carbons (Fsp3) is 0.750. The van der Waals surface area contributed by atoms with Crippen molar-refractivity contribution in [3.05, 3.63) is 0 Å². The van der Waals surface area contributed by atoms with Gasteiger partial charge in [-0.15, -0.1) is 0 Å². The molecule has 0 radical (unpaired) electrons. The molecule has 2 atom stereocenters. The molecule has 0 aromatic carbocycles. The highest BCUT2D eigenvalue weighted by molar-refractivity contribution is 5.84. The molecule has 1 fully saturated rings. The largest absolute Gasteiger partial charge is 0.481 e. The van der Waals surface area contributed by atoms with E-state index in [4.69, 9.17) is 5.11 Å². The molecular weight excluding hydrogens is 250 g/mol. The van der Waals surface area contributed by atoms with Crippen molar-refractivity contribution in [1.82, 2.24) is 16.0 Å². The smallest absolute Gasteiger partial charge is 0.315 e. The Labute approximate surface area is 112 Å². The summed E-state index contributed by atoms with van der Waals surface area (Å²) in [6.07, 6.45) is 2.53. The molecule has 0 spiro atoms. The fourth-order valence-corrected chi connectivity index (χ4v) is 2.06. The Bertz CT molecular complexity index is 346. The number of amides is 3. The molecule has 1 aliphatic carbocycles. The van der Waals surface area contributed by atoms with Crippen molar-refractivity contribution in [2.24, 2.45) is 5.92 Å². The van der Waals surface area contributed by atoms with Crippen LogP contribution >= 0.6 is 0 Å². The molecule has 0 bridgehead atoms. The van der Waals surface area contributed by atoms with E-state index in [1.54, 1.807) is 0 Å². The van der Waals surface area contributed by atoms with E-state index in [1.807, 2.05) is 6.92 Å². The number of aliphatic carboxylic acids is 1. The molecule has 0 aromatic heterocycles. The van der Waals surface area contributed by atoms with Gasteiger partial charge in [0.2, 0.25) is 5.91 Å². The van der Waals surface area contributed by atoms with Crippen LogP contribution in [0.25, 0.3) is 0 Å². The highest BCUT2D eigenvalue weighted by Crippen LogP contribution is 2.25. The number of carbonyl (C=O) groups excluding carboxylic acids is 2. The van der Waals surface area contributed by atoms with Gasteiger partial charge in [0, 0.05) is 12.6 Å². The molecule has 108 valence electrons. The highest BCUT2D eigenvalue weighted by atomic mass is 16.4. The van der Waals surface area contributed by atoms with Crippen LogP contribution in [0.5, 0.6) is 0 Å². The van der Waals surface area contributed by atoms with Gasteiger partial charge in [-0.2, -0.15) is 0 Å². The van der Waals surface area contributed by atoms with Crippen LogP contribution in [-0.4, -0.2) is 42.1 Å². The molecule has 3 amide bonds. The number of carboxylic acids is 1. The summed E-state index contributed by atoms with van der Waals surface area (Å²) in [6, 6.07) is -0.553. The molecule has 7 nitrogen and oxygen atoms in total. The first kappa shape index (κ1) is 15.3. The monoisotopic (exact) mass is 271 g/mol. The summed E-state index contributed by atoms with van der Waals surface area (Å²) < 4.78 is 0. The van der Waals surface area contributed by atoms with Crippen LogP contribution in [0, 0.1) is 5.92 Å². The van der Waals surface area contributed by atoms with Crippen LogP contribution in [0.1, 0.15) is 32.6 Å². The molecule has 1 rings (SSSR count). The zero-order valence-electron chi connectivity index (χ0n) is 11.1. The normalized spacial score (nSPS) is 21.7. The SMILES string of the molecule is CCCNC(=O)CNC(=O)NC1CCC(C(=O)O)C1. The maximum absolute atomic E-state index is 11.5. The number of hydrogen-bond acceptors (Lipinski definition) is 3. The second kappa shape index (κ2) is 7.60. The molecule has 0 aromatic rings. The van der Waals surface area contributed by atoms with E-state index < -0.39 is 12.0 Å². The van der Waals surface area contributed by atoms with Crippen LogP contribution in [0.4, 0.5) is 4.79 Å². The number of urea groups is 1. The van der Waals surface area contributed by atoms with Gasteiger partial charge in [0.05, 0.1) is 12.5 Å². The second-order valence-corrected chi connectivity index (χ2v) is 4.72. The first-order chi connectivity index (χ1) is 9.02. The number of carbonyl (C=O) groups is 3. The van der Waals surface area contributed by atoms with Crippen LogP contribution in [-0.2, 0) is 9.59 Å². The minimum absolute atomic E-state index is 0.0685. The molecule has 0 heterocycles. The third-order valence-electron chi connectivity index (χ3n) is 3.10. The lowest BCUT2D eigenvalue weighted by molar-refractivity contribution is -0.141. The highest BCUT2D eigenvalue weighted by Gasteiger charge is 2.30. The minimum Gasteiger partial charge on any atom is -0.481 e. The van der Waals surface area contributed by atoms with E-state index >= 15 is 0 Å². The fourth-order valence-electron chi connectivity index (χ4n) is 2.06. The van der Waals surface area contributed by atoms with Crippen molar-refractivity contribution in [3.8, 4) is 0 Å². The molecule has 0 saturated heterocycles. The predicted octanol–water partition coefficient (Wildman–Crippen LogP) is 0.0651. The first-order valence-electron chi connectivity index (χ1n) is 6.56. The molecule has 1 aliphatic rings. The third-order valence-corrected chi connectivity index (χ3v) is 3.10. The van der Waals surface area contributed by atoms with Gasteiger partial charge in [-0.05, 0) is 25.7 Å².